The maximum Gasteiger partial charge on any atom is 0.366 e. The number of ether oxygens (including phenoxy) is 1. The molecule has 0 bridgehead atoms. The van der Waals surface area contributed by atoms with Gasteiger partial charge in [-0.15, -0.1) is 10.2 Å². The van der Waals surface area contributed by atoms with E-state index in [9.17, 15) is 14.7 Å². The summed E-state index contributed by atoms with van der Waals surface area (Å²) < 4.78 is 5.44. The van der Waals surface area contributed by atoms with E-state index in [2.05, 4.69) is 17.1 Å². The van der Waals surface area contributed by atoms with Crippen molar-refractivity contribution in [1.29, 1.82) is 0 Å². The van der Waals surface area contributed by atoms with Crippen molar-refractivity contribution in [1.82, 2.24) is 15.0 Å². The number of nitrogens with zero attached hydrogens (tertiary/aromatic N) is 4. The second-order valence-electron chi connectivity index (χ2n) is 11.2. The van der Waals surface area contributed by atoms with Gasteiger partial charge in [0.25, 0.3) is 0 Å². The minimum atomic E-state index is -0.516. The van der Waals surface area contributed by atoms with E-state index >= 15 is 0 Å². The normalized spacial score (nSPS) is 11.1. The average Bonchev–Trinajstić information content (AvgIpc) is 3.45. The number of amides is 1. The molecule has 8 heteroatoms. The lowest BCUT2D eigenvalue weighted by Crippen LogP contribution is -2.37. The van der Waals surface area contributed by atoms with Gasteiger partial charge < -0.3 is 9.84 Å². The molecule has 8 nitrogen and oxygen atoms in total. The van der Waals surface area contributed by atoms with E-state index in [4.69, 9.17) is 4.74 Å². The monoisotopic (exact) mass is 584 g/mol. The number of hydrogen-bond acceptors (Lipinski definition) is 6. The molecule has 3 aromatic carbocycles. The van der Waals surface area contributed by atoms with Gasteiger partial charge in [-0.2, -0.15) is 0 Å². The molecule has 0 aliphatic rings. The largest absolute Gasteiger partial charge is 0.508 e. The first-order valence-electron chi connectivity index (χ1n) is 15.7. The SMILES string of the molecule is CCCCCCCCCCCCCCN(C(=O)n1nc2ccc(C(=O)Oc3ccccc3)cc2n1)c1ccc(C)c(O)c1. The van der Waals surface area contributed by atoms with Gasteiger partial charge in [0.15, 0.2) is 0 Å². The van der Waals surface area contributed by atoms with Gasteiger partial charge in [0.1, 0.15) is 22.5 Å². The van der Waals surface area contributed by atoms with Gasteiger partial charge in [0.05, 0.1) is 5.56 Å². The van der Waals surface area contributed by atoms with Crippen LogP contribution in [-0.4, -0.2) is 38.6 Å². The Hall–Kier alpha value is -4.20. The molecule has 0 saturated carbocycles. The Kier molecular flexibility index (Phi) is 12.1. The third kappa shape index (κ3) is 9.40. The maximum absolute atomic E-state index is 13.7. The molecule has 0 aliphatic carbocycles. The fraction of sp³-hybridized carbons (Fsp3) is 0.429. The maximum atomic E-state index is 13.7. The van der Waals surface area contributed by atoms with E-state index in [-0.39, 0.29) is 5.75 Å². The summed E-state index contributed by atoms with van der Waals surface area (Å²) in [6.07, 6.45) is 14.7. The molecule has 1 amide bonds. The number of aromatic nitrogens is 3. The second-order valence-corrected chi connectivity index (χ2v) is 11.2. The summed E-state index contributed by atoms with van der Waals surface area (Å²) >= 11 is 0. The third-order valence-corrected chi connectivity index (χ3v) is 7.71. The Bertz CT molecular complexity index is 1470. The van der Waals surface area contributed by atoms with Crippen molar-refractivity contribution in [2.24, 2.45) is 0 Å². The van der Waals surface area contributed by atoms with E-state index in [1.807, 2.05) is 19.1 Å². The van der Waals surface area contributed by atoms with Crippen molar-refractivity contribution in [2.75, 3.05) is 11.4 Å². The van der Waals surface area contributed by atoms with Crippen molar-refractivity contribution in [2.45, 2.75) is 90.9 Å². The molecule has 0 aliphatic heterocycles. The molecular weight excluding hydrogens is 540 g/mol. The first-order chi connectivity index (χ1) is 21.0. The van der Waals surface area contributed by atoms with Crippen molar-refractivity contribution in [3.63, 3.8) is 0 Å². The quantitative estimate of drug-likeness (QED) is 0.0803. The standard InChI is InChI=1S/C35H44N4O4/c1-3-4-5-6-7-8-9-10-11-12-13-17-24-38(29-22-20-27(2)33(40)26-29)35(42)39-36-31-23-21-28(25-32(31)37-39)34(41)43-30-18-15-14-16-19-30/h14-16,18-23,25-26,40H,3-13,17,24H2,1-2H3. The van der Waals surface area contributed by atoms with Crippen LogP contribution in [0.25, 0.3) is 11.0 Å². The number of phenols is 1. The zero-order valence-corrected chi connectivity index (χ0v) is 25.5. The number of anilines is 1. The summed E-state index contributed by atoms with van der Waals surface area (Å²) in [4.78, 5) is 29.0. The predicted octanol–water partition coefficient (Wildman–Crippen LogP) is 8.84. The highest BCUT2D eigenvalue weighted by Gasteiger charge is 2.22. The van der Waals surface area contributed by atoms with Crippen LogP contribution in [0.1, 0.15) is 99.9 Å². The van der Waals surface area contributed by atoms with E-state index < -0.39 is 12.0 Å². The summed E-state index contributed by atoms with van der Waals surface area (Å²) in [7, 11) is 0. The molecule has 0 spiro atoms. The number of rotatable bonds is 16. The van der Waals surface area contributed by atoms with Gasteiger partial charge >= 0.3 is 12.0 Å². The Morgan fingerprint density at radius 1 is 0.767 bits per heavy atom. The van der Waals surface area contributed by atoms with E-state index in [1.54, 1.807) is 59.5 Å². The lowest BCUT2D eigenvalue weighted by molar-refractivity contribution is 0.0735. The van der Waals surface area contributed by atoms with Gasteiger partial charge in [-0.25, -0.2) is 9.59 Å². The molecule has 0 radical (unpaired) electrons. The highest BCUT2D eigenvalue weighted by molar-refractivity contribution is 5.96. The van der Waals surface area contributed by atoms with E-state index in [0.717, 1.165) is 29.6 Å². The molecule has 1 N–H and O–H groups in total. The molecule has 0 fully saturated rings. The highest BCUT2D eigenvalue weighted by atomic mass is 16.5. The Morgan fingerprint density at radius 3 is 2.05 bits per heavy atom. The number of hydrogen-bond donors (Lipinski definition) is 1. The zero-order valence-electron chi connectivity index (χ0n) is 25.5. The van der Waals surface area contributed by atoms with Crippen LogP contribution in [0.15, 0.2) is 66.7 Å². The fourth-order valence-electron chi connectivity index (χ4n) is 5.10. The van der Waals surface area contributed by atoms with E-state index in [0.29, 0.717) is 34.6 Å². The van der Waals surface area contributed by atoms with Gasteiger partial charge in [0.2, 0.25) is 0 Å². The fourth-order valence-corrected chi connectivity index (χ4v) is 5.10. The summed E-state index contributed by atoms with van der Waals surface area (Å²) in [5, 5.41) is 19.2. The van der Waals surface area contributed by atoms with Crippen LogP contribution >= 0.6 is 0 Å². The van der Waals surface area contributed by atoms with Crippen molar-refractivity contribution in [3.05, 3.63) is 77.9 Å². The number of phenolic OH excluding ortho intramolecular Hbond substituents is 1. The number of aryl methyl sites for hydroxylation is 1. The van der Waals surface area contributed by atoms with Crippen molar-refractivity contribution < 1.29 is 19.4 Å². The molecule has 4 rings (SSSR count). The number of para-hydroxylation sites is 1. The van der Waals surface area contributed by atoms with E-state index in [1.165, 1.54) is 57.8 Å². The molecule has 4 aromatic rings. The Balaban J connectivity index is 1.36. The molecule has 1 aromatic heterocycles. The number of esters is 1. The lowest BCUT2D eigenvalue weighted by Gasteiger charge is -2.22. The number of unbranched alkanes of at least 4 members (excludes halogenated alkanes) is 11. The minimum Gasteiger partial charge on any atom is -0.508 e. The average molecular weight is 585 g/mol. The van der Waals surface area contributed by atoms with Crippen LogP contribution in [0.2, 0.25) is 0 Å². The van der Waals surface area contributed by atoms with Crippen LogP contribution in [0.4, 0.5) is 10.5 Å². The molecule has 1 heterocycles. The van der Waals surface area contributed by atoms with Crippen LogP contribution < -0.4 is 9.64 Å². The van der Waals surface area contributed by atoms with Gasteiger partial charge in [-0.05, 0) is 55.3 Å². The van der Waals surface area contributed by atoms with Crippen molar-refractivity contribution in [3.8, 4) is 11.5 Å². The number of carbonyl (C=O) groups excluding carboxylic acids is 2. The van der Waals surface area contributed by atoms with Crippen LogP contribution in [-0.2, 0) is 0 Å². The summed E-state index contributed by atoms with van der Waals surface area (Å²) in [5.41, 5.74) is 2.53. The zero-order chi connectivity index (χ0) is 30.4. The van der Waals surface area contributed by atoms with Gasteiger partial charge in [-0.1, -0.05) is 107 Å². The molecule has 43 heavy (non-hydrogen) atoms. The summed E-state index contributed by atoms with van der Waals surface area (Å²) in [5.74, 6) is 0.0593. The van der Waals surface area contributed by atoms with Crippen LogP contribution in [0.5, 0.6) is 11.5 Å². The van der Waals surface area contributed by atoms with Crippen LogP contribution in [0, 0.1) is 6.92 Å². The lowest BCUT2D eigenvalue weighted by atomic mass is 10.1. The highest BCUT2D eigenvalue weighted by Crippen LogP contribution is 2.26. The number of aromatic hydroxyl groups is 1. The topological polar surface area (TPSA) is 97.6 Å². The Labute approximate surface area is 254 Å². The first kappa shape index (κ1) is 31.7. The number of benzene rings is 3. The smallest absolute Gasteiger partial charge is 0.366 e. The summed E-state index contributed by atoms with van der Waals surface area (Å²) in [6.45, 7) is 4.55. The van der Waals surface area contributed by atoms with Gasteiger partial charge in [-0.3, -0.25) is 4.90 Å². The molecule has 228 valence electrons. The molecule has 0 saturated heterocycles. The minimum absolute atomic E-state index is 0.130. The molecule has 0 unspecified atom stereocenters. The predicted molar refractivity (Wildman–Crippen MR) is 171 cm³/mol. The van der Waals surface area contributed by atoms with Crippen molar-refractivity contribution >= 4 is 28.7 Å². The molecule has 0 atom stereocenters. The number of carbonyl (C=O) groups is 2. The molecular formula is C35H44N4O4. The van der Waals surface area contributed by atoms with Crippen LogP contribution in [0.3, 0.4) is 0 Å². The van der Waals surface area contributed by atoms with Gasteiger partial charge in [0, 0.05) is 18.3 Å². The first-order valence-corrected chi connectivity index (χ1v) is 15.7. The third-order valence-electron chi connectivity index (χ3n) is 7.71. The summed E-state index contributed by atoms with van der Waals surface area (Å²) in [6, 6.07) is 18.5. The number of fused-ring (bicyclic) bond motifs is 1. The Morgan fingerprint density at radius 2 is 1.40 bits per heavy atom. The second kappa shape index (κ2) is 16.4.